The molecule has 1 aliphatic heterocycles. The first-order valence-corrected chi connectivity index (χ1v) is 8.29. The molecular weight excluding hydrogens is 376 g/mol. The molecule has 0 aliphatic carbocycles. The fourth-order valence-corrected chi connectivity index (χ4v) is 3.35. The number of thiocarbonyl (C=S) groups is 1. The van der Waals surface area contributed by atoms with E-state index in [1.54, 1.807) is 36.1 Å². The molecule has 2 aromatic rings. The molecule has 1 aliphatic rings. The van der Waals surface area contributed by atoms with E-state index in [9.17, 15) is 9.90 Å². The van der Waals surface area contributed by atoms with E-state index in [2.05, 4.69) is 15.9 Å². The van der Waals surface area contributed by atoms with Crippen molar-refractivity contribution in [2.24, 2.45) is 0 Å². The lowest BCUT2D eigenvalue weighted by Crippen LogP contribution is -2.44. The normalized spacial score (nSPS) is 20.9. The third-order valence-electron chi connectivity index (χ3n) is 3.71. The summed E-state index contributed by atoms with van der Waals surface area (Å²) >= 11 is 8.85. The summed E-state index contributed by atoms with van der Waals surface area (Å²) in [5, 5.41) is 11.0. The molecule has 2 aromatic carbocycles. The van der Waals surface area contributed by atoms with E-state index in [0.717, 1.165) is 10.2 Å². The Morgan fingerprint density at radius 3 is 2.39 bits per heavy atom. The minimum absolute atomic E-state index is 0.121. The van der Waals surface area contributed by atoms with Crippen molar-refractivity contribution in [1.29, 1.82) is 0 Å². The highest BCUT2D eigenvalue weighted by molar-refractivity contribution is 9.10. The minimum atomic E-state index is -1.25. The Morgan fingerprint density at radius 1 is 1.17 bits per heavy atom. The molecule has 3 rings (SSSR count). The molecule has 23 heavy (non-hydrogen) atoms. The van der Waals surface area contributed by atoms with Crippen molar-refractivity contribution >= 4 is 44.9 Å². The molecule has 1 heterocycles. The number of hydrogen-bond acceptors (Lipinski definition) is 3. The van der Waals surface area contributed by atoms with Crippen LogP contribution in [0.25, 0.3) is 0 Å². The van der Waals surface area contributed by atoms with E-state index in [1.165, 1.54) is 4.90 Å². The molecular formula is C17H15BrN2O2S. The number of aliphatic hydroxyl groups is 1. The highest BCUT2D eigenvalue weighted by atomic mass is 79.9. The van der Waals surface area contributed by atoms with Gasteiger partial charge in [0.2, 0.25) is 0 Å². The molecule has 4 nitrogen and oxygen atoms in total. The first-order chi connectivity index (χ1) is 10.9. The van der Waals surface area contributed by atoms with E-state index >= 15 is 0 Å². The van der Waals surface area contributed by atoms with Gasteiger partial charge in [0.1, 0.15) is 0 Å². The summed E-state index contributed by atoms with van der Waals surface area (Å²) in [7, 11) is 0. The van der Waals surface area contributed by atoms with E-state index in [-0.39, 0.29) is 12.5 Å². The maximum Gasteiger partial charge on any atom is 0.260 e. The van der Waals surface area contributed by atoms with Gasteiger partial charge >= 0.3 is 0 Å². The van der Waals surface area contributed by atoms with Crippen molar-refractivity contribution in [2.45, 2.75) is 12.6 Å². The van der Waals surface area contributed by atoms with Gasteiger partial charge in [0.15, 0.2) is 10.8 Å². The third kappa shape index (κ3) is 3.02. The Morgan fingerprint density at radius 2 is 1.78 bits per heavy atom. The van der Waals surface area contributed by atoms with Gasteiger partial charge in [0.25, 0.3) is 5.91 Å². The number of hydrogen-bond donors (Lipinski definition) is 1. The molecule has 0 bridgehead atoms. The maximum absolute atomic E-state index is 12.7. The summed E-state index contributed by atoms with van der Waals surface area (Å²) in [6.07, 6.45) is 0. The van der Waals surface area contributed by atoms with Crippen molar-refractivity contribution in [3.63, 3.8) is 0 Å². The Labute approximate surface area is 148 Å². The molecule has 6 heteroatoms. The van der Waals surface area contributed by atoms with Gasteiger partial charge < -0.3 is 5.11 Å². The molecule has 0 saturated carbocycles. The summed E-state index contributed by atoms with van der Waals surface area (Å²) in [5.41, 5.74) is 0.0323. The molecule has 1 fully saturated rings. The standard InChI is InChI=1S/C17H15BrN2O2S/c1-17(22)11-19(15(21)12-5-3-2-4-6-12)16(23)20(17)14-9-7-13(18)8-10-14/h2-10,22H,11H2,1H3/t17-/m0/s1. The van der Waals surface area contributed by atoms with Crippen LogP contribution in [0, 0.1) is 0 Å². The molecule has 118 valence electrons. The zero-order chi connectivity index (χ0) is 16.6. The van der Waals surface area contributed by atoms with Crippen LogP contribution in [0.3, 0.4) is 0 Å². The lowest BCUT2D eigenvalue weighted by Gasteiger charge is -2.29. The second-order valence-corrected chi connectivity index (χ2v) is 6.85. The quantitative estimate of drug-likeness (QED) is 0.797. The number of halogens is 1. The Balaban J connectivity index is 1.93. The van der Waals surface area contributed by atoms with Crippen molar-refractivity contribution in [1.82, 2.24) is 4.90 Å². The van der Waals surface area contributed by atoms with Crippen LogP contribution in [0.4, 0.5) is 5.69 Å². The summed E-state index contributed by atoms with van der Waals surface area (Å²) in [4.78, 5) is 15.7. The molecule has 1 saturated heterocycles. The van der Waals surface area contributed by atoms with Gasteiger partial charge in [-0.25, -0.2) is 0 Å². The second-order valence-electron chi connectivity index (χ2n) is 5.57. The van der Waals surface area contributed by atoms with Gasteiger partial charge in [-0.15, -0.1) is 0 Å². The van der Waals surface area contributed by atoms with Crippen LogP contribution in [0.2, 0.25) is 0 Å². The summed E-state index contributed by atoms with van der Waals surface area (Å²) in [6, 6.07) is 16.4. The van der Waals surface area contributed by atoms with Crippen LogP contribution in [0.1, 0.15) is 17.3 Å². The summed E-state index contributed by atoms with van der Waals surface area (Å²) in [6.45, 7) is 1.77. The zero-order valence-corrected chi connectivity index (χ0v) is 14.8. The lowest BCUT2D eigenvalue weighted by atomic mass is 10.2. The van der Waals surface area contributed by atoms with Gasteiger partial charge in [0.05, 0.1) is 6.54 Å². The Bertz CT molecular complexity index is 747. The SMILES string of the molecule is C[C@]1(O)CN(C(=O)c2ccccc2)C(=S)N1c1ccc(Br)cc1. The average Bonchev–Trinajstić information content (AvgIpc) is 2.78. The Hall–Kier alpha value is -1.76. The van der Waals surface area contributed by atoms with Crippen molar-refractivity contribution in [3.8, 4) is 0 Å². The minimum Gasteiger partial charge on any atom is -0.369 e. The molecule has 0 spiro atoms. The smallest absolute Gasteiger partial charge is 0.260 e. The summed E-state index contributed by atoms with van der Waals surface area (Å²) in [5.74, 6) is -0.213. The van der Waals surface area contributed by atoms with E-state index < -0.39 is 5.72 Å². The fraction of sp³-hybridized carbons (Fsp3) is 0.176. The predicted molar refractivity (Wildman–Crippen MR) is 97.3 cm³/mol. The number of carbonyl (C=O) groups is 1. The van der Waals surface area contributed by atoms with Crippen LogP contribution < -0.4 is 4.90 Å². The topological polar surface area (TPSA) is 43.8 Å². The lowest BCUT2D eigenvalue weighted by molar-refractivity contribution is 0.0588. The highest BCUT2D eigenvalue weighted by Gasteiger charge is 2.46. The molecule has 0 unspecified atom stereocenters. The van der Waals surface area contributed by atoms with Crippen LogP contribution in [0.5, 0.6) is 0 Å². The molecule has 0 radical (unpaired) electrons. The van der Waals surface area contributed by atoms with Crippen LogP contribution >= 0.6 is 28.1 Å². The fourth-order valence-electron chi connectivity index (χ4n) is 2.64. The molecule has 1 N–H and O–H groups in total. The zero-order valence-electron chi connectivity index (χ0n) is 12.4. The summed E-state index contributed by atoms with van der Waals surface area (Å²) < 4.78 is 0.934. The number of carbonyl (C=O) groups excluding carboxylic acids is 1. The molecule has 1 atom stereocenters. The van der Waals surface area contributed by atoms with E-state index in [4.69, 9.17) is 12.2 Å². The number of benzene rings is 2. The van der Waals surface area contributed by atoms with Gasteiger partial charge in [0, 0.05) is 15.7 Å². The highest BCUT2D eigenvalue weighted by Crippen LogP contribution is 2.32. The van der Waals surface area contributed by atoms with E-state index in [1.807, 2.05) is 30.3 Å². The Kier molecular flexibility index (Phi) is 4.23. The maximum atomic E-state index is 12.7. The largest absolute Gasteiger partial charge is 0.369 e. The monoisotopic (exact) mass is 390 g/mol. The molecule has 1 amide bonds. The van der Waals surface area contributed by atoms with Crippen molar-refractivity contribution in [3.05, 3.63) is 64.6 Å². The number of anilines is 1. The van der Waals surface area contributed by atoms with Gasteiger partial charge in [-0.05, 0) is 55.5 Å². The number of amides is 1. The second kappa shape index (κ2) is 6.03. The van der Waals surface area contributed by atoms with Crippen LogP contribution in [0.15, 0.2) is 59.1 Å². The number of β-amino-alcohol motifs (C(OH)–C–C–N with tert-alkyl or cyclic N) is 1. The number of rotatable bonds is 2. The van der Waals surface area contributed by atoms with Crippen LogP contribution in [-0.2, 0) is 0 Å². The third-order valence-corrected chi connectivity index (χ3v) is 4.64. The average molecular weight is 391 g/mol. The van der Waals surface area contributed by atoms with Crippen LogP contribution in [-0.4, -0.2) is 33.3 Å². The van der Waals surface area contributed by atoms with Gasteiger partial charge in [-0.1, -0.05) is 34.1 Å². The van der Waals surface area contributed by atoms with E-state index in [0.29, 0.717) is 10.7 Å². The predicted octanol–water partition coefficient (Wildman–Crippen LogP) is 3.40. The van der Waals surface area contributed by atoms with Crippen molar-refractivity contribution < 1.29 is 9.90 Å². The van der Waals surface area contributed by atoms with Gasteiger partial charge in [-0.3, -0.25) is 14.6 Å². The first-order valence-electron chi connectivity index (χ1n) is 7.09. The first kappa shape index (κ1) is 16.1. The van der Waals surface area contributed by atoms with Crippen molar-refractivity contribution in [2.75, 3.05) is 11.4 Å². The molecule has 0 aromatic heterocycles. The van der Waals surface area contributed by atoms with Gasteiger partial charge in [-0.2, -0.15) is 0 Å². The number of nitrogens with zero attached hydrogens (tertiary/aromatic N) is 2.